The Morgan fingerprint density at radius 2 is 1.90 bits per heavy atom. The van der Waals surface area contributed by atoms with Crippen molar-refractivity contribution < 1.29 is 18.9 Å². The van der Waals surface area contributed by atoms with Crippen molar-refractivity contribution in [3.05, 3.63) is 29.8 Å². The molecule has 1 aromatic carbocycles. The first-order chi connectivity index (χ1) is 15.1. The van der Waals surface area contributed by atoms with E-state index in [0.29, 0.717) is 24.7 Å². The summed E-state index contributed by atoms with van der Waals surface area (Å²) in [6.07, 6.45) is 2.67. The third-order valence-corrected chi connectivity index (χ3v) is 4.95. The van der Waals surface area contributed by atoms with Crippen LogP contribution >= 0.6 is 0 Å². The van der Waals surface area contributed by atoms with Gasteiger partial charge in [0.2, 0.25) is 0 Å². The molecule has 10 nitrogen and oxygen atoms in total. The first-order valence-corrected chi connectivity index (χ1v) is 10.4. The predicted octanol–water partition coefficient (Wildman–Crippen LogP) is 1.39. The number of aliphatic imine (C=N–C) groups is 1. The summed E-state index contributed by atoms with van der Waals surface area (Å²) < 4.78 is 23.4. The van der Waals surface area contributed by atoms with Gasteiger partial charge in [0.05, 0.1) is 27.4 Å². The number of nitrogens with one attached hydrogen (secondary N) is 2. The standard InChI is InChI=1S/C21H32N6O4/c1-22-21(24-15-6-7-20-25-19(14-28-2)26-27(20)13-15)23-8-5-9-31-18-11-16(29-3)10-17(12-18)30-4/h10-12,15H,5-9,13-14H2,1-4H3,(H2,22,23,24). The highest BCUT2D eigenvalue weighted by Gasteiger charge is 2.22. The van der Waals surface area contributed by atoms with Gasteiger partial charge in [0.25, 0.3) is 0 Å². The molecule has 10 heteroatoms. The Morgan fingerprint density at radius 3 is 2.58 bits per heavy atom. The van der Waals surface area contributed by atoms with Crippen molar-refractivity contribution in [3.8, 4) is 17.2 Å². The van der Waals surface area contributed by atoms with E-state index in [2.05, 4.69) is 25.7 Å². The highest BCUT2D eigenvalue weighted by molar-refractivity contribution is 5.79. The van der Waals surface area contributed by atoms with Crippen molar-refractivity contribution in [1.82, 2.24) is 25.4 Å². The van der Waals surface area contributed by atoms with E-state index in [1.807, 2.05) is 22.9 Å². The fraction of sp³-hybridized carbons (Fsp3) is 0.571. The van der Waals surface area contributed by atoms with E-state index in [1.54, 1.807) is 28.4 Å². The molecule has 1 atom stereocenters. The van der Waals surface area contributed by atoms with Gasteiger partial charge in [0, 0.05) is 51.4 Å². The Balaban J connectivity index is 1.40. The molecule has 0 fully saturated rings. The van der Waals surface area contributed by atoms with E-state index in [4.69, 9.17) is 18.9 Å². The van der Waals surface area contributed by atoms with Crippen molar-refractivity contribution in [2.45, 2.75) is 38.5 Å². The number of aromatic nitrogens is 3. The Morgan fingerprint density at radius 1 is 1.16 bits per heavy atom. The molecule has 1 unspecified atom stereocenters. The number of benzene rings is 1. The minimum Gasteiger partial charge on any atom is -0.496 e. The second kappa shape index (κ2) is 11.4. The lowest BCUT2D eigenvalue weighted by molar-refractivity contribution is 0.177. The number of aryl methyl sites for hydroxylation is 1. The van der Waals surface area contributed by atoms with Crippen LogP contribution in [0, 0.1) is 0 Å². The average molecular weight is 433 g/mol. The lowest BCUT2D eigenvalue weighted by atomic mass is 10.1. The van der Waals surface area contributed by atoms with Gasteiger partial charge in [-0.05, 0) is 12.8 Å². The van der Waals surface area contributed by atoms with Gasteiger partial charge in [-0.1, -0.05) is 0 Å². The molecule has 170 valence electrons. The smallest absolute Gasteiger partial charge is 0.191 e. The number of fused-ring (bicyclic) bond motifs is 1. The second-order valence-corrected chi connectivity index (χ2v) is 7.19. The highest BCUT2D eigenvalue weighted by Crippen LogP contribution is 2.27. The van der Waals surface area contributed by atoms with Crippen LogP contribution in [0.25, 0.3) is 0 Å². The minimum absolute atomic E-state index is 0.247. The zero-order chi connectivity index (χ0) is 22.1. The fourth-order valence-corrected chi connectivity index (χ4v) is 3.39. The quantitative estimate of drug-likeness (QED) is 0.330. The van der Waals surface area contributed by atoms with E-state index >= 15 is 0 Å². The summed E-state index contributed by atoms with van der Waals surface area (Å²) in [6.45, 7) is 2.49. The zero-order valence-corrected chi connectivity index (χ0v) is 18.7. The molecule has 31 heavy (non-hydrogen) atoms. The number of hydrogen-bond acceptors (Lipinski definition) is 7. The minimum atomic E-state index is 0.247. The van der Waals surface area contributed by atoms with Crippen LogP contribution in [0.2, 0.25) is 0 Å². The van der Waals surface area contributed by atoms with Gasteiger partial charge >= 0.3 is 0 Å². The lowest BCUT2D eigenvalue weighted by Gasteiger charge is -2.25. The van der Waals surface area contributed by atoms with E-state index in [1.165, 1.54) is 0 Å². The third-order valence-electron chi connectivity index (χ3n) is 4.95. The Labute approximate surface area is 183 Å². The Bertz CT molecular complexity index is 847. The van der Waals surface area contributed by atoms with Crippen molar-refractivity contribution >= 4 is 5.96 Å². The molecule has 2 N–H and O–H groups in total. The maximum atomic E-state index is 5.83. The number of guanidine groups is 1. The summed E-state index contributed by atoms with van der Waals surface area (Å²) >= 11 is 0. The largest absolute Gasteiger partial charge is 0.496 e. The Hall–Kier alpha value is -3.01. The average Bonchev–Trinajstić information content (AvgIpc) is 3.19. The molecular weight excluding hydrogens is 400 g/mol. The molecule has 3 rings (SSSR count). The molecule has 0 saturated carbocycles. The zero-order valence-electron chi connectivity index (χ0n) is 18.7. The van der Waals surface area contributed by atoms with E-state index < -0.39 is 0 Å². The van der Waals surface area contributed by atoms with Gasteiger partial charge < -0.3 is 29.6 Å². The van der Waals surface area contributed by atoms with Crippen LogP contribution in [0.15, 0.2) is 23.2 Å². The molecule has 1 aliphatic heterocycles. The van der Waals surface area contributed by atoms with Crippen LogP contribution in [-0.2, 0) is 24.3 Å². The highest BCUT2D eigenvalue weighted by atomic mass is 16.5. The maximum Gasteiger partial charge on any atom is 0.191 e. The molecule has 0 bridgehead atoms. The summed E-state index contributed by atoms with van der Waals surface area (Å²) in [7, 11) is 6.67. The first-order valence-electron chi connectivity index (χ1n) is 10.4. The van der Waals surface area contributed by atoms with Crippen LogP contribution in [0.3, 0.4) is 0 Å². The van der Waals surface area contributed by atoms with Crippen molar-refractivity contribution in [2.24, 2.45) is 4.99 Å². The van der Waals surface area contributed by atoms with Crippen LogP contribution < -0.4 is 24.8 Å². The molecule has 0 spiro atoms. The SMILES string of the molecule is CN=C(NCCCOc1cc(OC)cc(OC)c1)NC1CCc2nc(COC)nn2C1. The third kappa shape index (κ3) is 6.48. The number of methoxy groups -OCH3 is 3. The summed E-state index contributed by atoms with van der Waals surface area (Å²) in [6, 6.07) is 5.75. The van der Waals surface area contributed by atoms with Crippen molar-refractivity contribution in [3.63, 3.8) is 0 Å². The molecule has 2 heterocycles. The van der Waals surface area contributed by atoms with Gasteiger partial charge in [-0.15, -0.1) is 0 Å². The van der Waals surface area contributed by atoms with Crippen LogP contribution in [-0.4, -0.2) is 68.3 Å². The van der Waals surface area contributed by atoms with Crippen LogP contribution in [0.5, 0.6) is 17.2 Å². The van der Waals surface area contributed by atoms with E-state index in [-0.39, 0.29) is 6.04 Å². The monoisotopic (exact) mass is 432 g/mol. The summed E-state index contributed by atoms with van der Waals surface area (Å²) in [5, 5.41) is 11.3. The molecule has 1 aliphatic rings. The summed E-state index contributed by atoms with van der Waals surface area (Å²) in [5.74, 6) is 4.64. The van der Waals surface area contributed by atoms with Crippen LogP contribution in [0.4, 0.5) is 0 Å². The molecule has 0 aliphatic carbocycles. The second-order valence-electron chi connectivity index (χ2n) is 7.19. The normalized spacial score (nSPS) is 15.9. The van der Waals surface area contributed by atoms with Gasteiger partial charge in [0.15, 0.2) is 11.8 Å². The van der Waals surface area contributed by atoms with Gasteiger partial charge in [0.1, 0.15) is 29.7 Å². The molecule has 2 aromatic rings. The summed E-state index contributed by atoms with van der Waals surface area (Å²) in [4.78, 5) is 8.84. The molecule has 0 amide bonds. The van der Waals surface area contributed by atoms with Gasteiger partial charge in [-0.2, -0.15) is 5.10 Å². The summed E-state index contributed by atoms with van der Waals surface area (Å²) in [5.41, 5.74) is 0. The number of rotatable bonds is 10. The molecule has 0 saturated heterocycles. The van der Waals surface area contributed by atoms with Crippen LogP contribution in [0.1, 0.15) is 24.5 Å². The van der Waals surface area contributed by atoms with E-state index in [9.17, 15) is 0 Å². The lowest BCUT2D eigenvalue weighted by Crippen LogP contribution is -2.47. The molecule has 0 radical (unpaired) electrons. The first kappa shape index (κ1) is 22.7. The number of hydrogen-bond donors (Lipinski definition) is 2. The Kier molecular flexibility index (Phi) is 8.34. The van der Waals surface area contributed by atoms with Crippen molar-refractivity contribution in [2.75, 3.05) is 41.5 Å². The predicted molar refractivity (Wildman–Crippen MR) is 117 cm³/mol. The molecular formula is C21H32N6O4. The fourth-order valence-electron chi connectivity index (χ4n) is 3.39. The maximum absolute atomic E-state index is 5.83. The van der Waals surface area contributed by atoms with Gasteiger partial charge in [-0.25, -0.2) is 9.67 Å². The molecule has 1 aromatic heterocycles. The van der Waals surface area contributed by atoms with Gasteiger partial charge in [-0.3, -0.25) is 4.99 Å². The number of ether oxygens (including phenoxy) is 4. The topological polar surface area (TPSA) is 104 Å². The van der Waals surface area contributed by atoms with Crippen molar-refractivity contribution in [1.29, 1.82) is 0 Å². The number of nitrogens with zero attached hydrogens (tertiary/aromatic N) is 4. The van der Waals surface area contributed by atoms with E-state index in [0.717, 1.165) is 55.7 Å².